The predicted octanol–water partition coefficient (Wildman–Crippen LogP) is 1.27. The molecule has 2 heterocycles. The zero-order valence-electron chi connectivity index (χ0n) is 10.3. The normalized spacial score (nSPS) is 25.1. The van der Waals surface area contributed by atoms with E-state index in [1.165, 1.54) is 6.42 Å². The summed E-state index contributed by atoms with van der Waals surface area (Å²) in [4.78, 5) is 11.3. The van der Waals surface area contributed by atoms with E-state index in [9.17, 15) is 0 Å². The van der Waals surface area contributed by atoms with E-state index in [2.05, 4.69) is 21.8 Å². The maximum absolute atomic E-state index is 5.83. The van der Waals surface area contributed by atoms with Crippen LogP contribution in [0.4, 0.5) is 5.82 Å². The quantitative estimate of drug-likeness (QED) is 0.815. The summed E-state index contributed by atoms with van der Waals surface area (Å²) in [7, 11) is 0. The highest BCUT2D eigenvalue weighted by Gasteiger charge is 2.31. The third-order valence-corrected chi connectivity index (χ3v) is 3.60. The minimum absolute atomic E-state index is 0.413. The van der Waals surface area contributed by atoms with Gasteiger partial charge in [0.05, 0.1) is 17.6 Å². The molecule has 88 valence electrons. The van der Waals surface area contributed by atoms with Crippen molar-refractivity contribution < 1.29 is 0 Å². The van der Waals surface area contributed by atoms with Crippen molar-refractivity contribution in [3.63, 3.8) is 0 Å². The van der Waals surface area contributed by atoms with Crippen molar-refractivity contribution >= 4 is 5.82 Å². The number of nitrogens with two attached hydrogens (primary N) is 1. The highest BCUT2D eigenvalue weighted by Crippen LogP contribution is 2.27. The summed E-state index contributed by atoms with van der Waals surface area (Å²) in [6.45, 7) is 7.98. The van der Waals surface area contributed by atoms with Gasteiger partial charge in [0.1, 0.15) is 5.82 Å². The van der Waals surface area contributed by atoms with Gasteiger partial charge in [-0.3, -0.25) is 4.98 Å². The molecule has 0 spiro atoms. The van der Waals surface area contributed by atoms with Crippen molar-refractivity contribution in [3.8, 4) is 0 Å². The Morgan fingerprint density at radius 2 is 2.19 bits per heavy atom. The van der Waals surface area contributed by atoms with Crippen LogP contribution in [0.3, 0.4) is 0 Å². The summed E-state index contributed by atoms with van der Waals surface area (Å²) in [6, 6.07) is 0.413. The molecule has 2 N–H and O–H groups in total. The van der Waals surface area contributed by atoms with Gasteiger partial charge in [-0.25, -0.2) is 4.98 Å². The van der Waals surface area contributed by atoms with Gasteiger partial charge in [-0.2, -0.15) is 0 Å². The fraction of sp³-hybridized carbons (Fsp3) is 0.667. The van der Waals surface area contributed by atoms with Gasteiger partial charge in [-0.1, -0.05) is 6.92 Å². The van der Waals surface area contributed by atoms with E-state index in [0.717, 1.165) is 23.8 Å². The first-order valence-electron chi connectivity index (χ1n) is 5.90. The van der Waals surface area contributed by atoms with Crippen LogP contribution in [0.1, 0.15) is 24.7 Å². The number of aromatic nitrogens is 2. The Bertz CT molecular complexity index is 377. The average molecular weight is 220 g/mol. The summed E-state index contributed by atoms with van der Waals surface area (Å²) in [5.74, 6) is 1.62. The number of nitrogens with zero attached hydrogens (tertiary/aromatic N) is 3. The number of anilines is 1. The van der Waals surface area contributed by atoms with Crippen LogP contribution in [-0.2, 0) is 0 Å². The lowest BCUT2D eigenvalue weighted by Crippen LogP contribution is -2.39. The number of hydrogen-bond acceptors (Lipinski definition) is 4. The molecule has 1 aromatic rings. The fourth-order valence-electron chi connectivity index (χ4n) is 2.32. The molecule has 2 unspecified atom stereocenters. The minimum atomic E-state index is 0.413. The van der Waals surface area contributed by atoms with E-state index >= 15 is 0 Å². The Kier molecular flexibility index (Phi) is 3.10. The van der Waals surface area contributed by atoms with Gasteiger partial charge < -0.3 is 10.6 Å². The van der Waals surface area contributed by atoms with E-state index in [-0.39, 0.29) is 0 Å². The first-order valence-corrected chi connectivity index (χ1v) is 5.90. The summed E-state index contributed by atoms with van der Waals surface area (Å²) in [5.41, 5.74) is 7.84. The van der Waals surface area contributed by atoms with Crippen LogP contribution in [0, 0.1) is 19.8 Å². The Morgan fingerprint density at radius 3 is 2.81 bits per heavy atom. The van der Waals surface area contributed by atoms with Crippen molar-refractivity contribution in [2.45, 2.75) is 33.2 Å². The minimum Gasteiger partial charge on any atom is -0.351 e. The number of aryl methyl sites for hydroxylation is 2. The van der Waals surface area contributed by atoms with Crippen molar-refractivity contribution in [1.29, 1.82) is 0 Å². The Labute approximate surface area is 96.9 Å². The van der Waals surface area contributed by atoms with Crippen molar-refractivity contribution in [2.24, 2.45) is 11.7 Å². The third kappa shape index (κ3) is 1.89. The van der Waals surface area contributed by atoms with Gasteiger partial charge in [0.2, 0.25) is 0 Å². The summed E-state index contributed by atoms with van der Waals surface area (Å²) >= 11 is 0. The van der Waals surface area contributed by atoms with Gasteiger partial charge in [-0.15, -0.1) is 0 Å². The second kappa shape index (κ2) is 4.37. The monoisotopic (exact) mass is 220 g/mol. The molecule has 1 fully saturated rings. The fourth-order valence-corrected chi connectivity index (χ4v) is 2.32. The van der Waals surface area contributed by atoms with Crippen LogP contribution in [-0.4, -0.2) is 29.1 Å². The lowest BCUT2D eigenvalue weighted by atomic mass is 10.0. The molecule has 16 heavy (non-hydrogen) atoms. The van der Waals surface area contributed by atoms with Crippen LogP contribution < -0.4 is 10.6 Å². The van der Waals surface area contributed by atoms with Crippen molar-refractivity contribution in [3.05, 3.63) is 17.6 Å². The van der Waals surface area contributed by atoms with E-state index < -0.39 is 0 Å². The smallest absolute Gasteiger partial charge is 0.147 e. The van der Waals surface area contributed by atoms with Crippen LogP contribution in [0.25, 0.3) is 0 Å². The molecule has 1 aliphatic heterocycles. The van der Waals surface area contributed by atoms with Crippen LogP contribution in [0.15, 0.2) is 6.20 Å². The molecule has 4 nitrogen and oxygen atoms in total. The van der Waals surface area contributed by atoms with Crippen LogP contribution >= 0.6 is 0 Å². The zero-order chi connectivity index (χ0) is 11.7. The summed E-state index contributed by atoms with van der Waals surface area (Å²) < 4.78 is 0. The molecule has 4 heteroatoms. The molecule has 1 saturated heterocycles. The van der Waals surface area contributed by atoms with Crippen molar-refractivity contribution in [2.75, 3.05) is 18.0 Å². The largest absolute Gasteiger partial charge is 0.351 e. The molecule has 1 aromatic heterocycles. The maximum atomic E-state index is 5.83. The van der Waals surface area contributed by atoms with Gasteiger partial charge in [0.25, 0.3) is 0 Å². The topological polar surface area (TPSA) is 55.0 Å². The molecule has 0 aliphatic carbocycles. The van der Waals surface area contributed by atoms with E-state index in [1.807, 2.05) is 20.0 Å². The predicted molar refractivity (Wildman–Crippen MR) is 65.5 cm³/mol. The van der Waals surface area contributed by atoms with Gasteiger partial charge in [-0.05, 0) is 26.2 Å². The molecule has 0 aromatic carbocycles. The van der Waals surface area contributed by atoms with Crippen molar-refractivity contribution in [1.82, 2.24) is 9.97 Å². The molecule has 2 rings (SSSR count). The number of rotatable bonds is 2. The van der Waals surface area contributed by atoms with E-state index in [0.29, 0.717) is 18.5 Å². The van der Waals surface area contributed by atoms with Gasteiger partial charge in [0.15, 0.2) is 0 Å². The average Bonchev–Trinajstić information content (AvgIpc) is 2.63. The van der Waals surface area contributed by atoms with E-state index in [4.69, 9.17) is 5.73 Å². The highest BCUT2D eigenvalue weighted by molar-refractivity contribution is 5.40. The lowest BCUT2D eigenvalue weighted by molar-refractivity contribution is 0.517. The van der Waals surface area contributed by atoms with Crippen LogP contribution in [0.5, 0.6) is 0 Å². The lowest BCUT2D eigenvalue weighted by Gasteiger charge is -2.26. The maximum Gasteiger partial charge on any atom is 0.147 e. The SMILES string of the molecule is Cc1ncc(N2CCC(C)C2CN)nc1C. The molecule has 0 bridgehead atoms. The molecule has 0 saturated carbocycles. The van der Waals surface area contributed by atoms with Gasteiger partial charge >= 0.3 is 0 Å². The Hall–Kier alpha value is -1.16. The van der Waals surface area contributed by atoms with Crippen LogP contribution in [0.2, 0.25) is 0 Å². The molecule has 2 atom stereocenters. The number of hydrogen-bond donors (Lipinski definition) is 1. The third-order valence-electron chi connectivity index (χ3n) is 3.60. The highest BCUT2D eigenvalue weighted by atomic mass is 15.2. The first-order chi connectivity index (χ1) is 7.63. The molecule has 0 amide bonds. The summed E-state index contributed by atoms with van der Waals surface area (Å²) in [5, 5.41) is 0. The Morgan fingerprint density at radius 1 is 1.44 bits per heavy atom. The zero-order valence-corrected chi connectivity index (χ0v) is 10.3. The molecular weight excluding hydrogens is 200 g/mol. The Balaban J connectivity index is 2.27. The first kappa shape index (κ1) is 11.3. The standard InChI is InChI=1S/C12H20N4/c1-8-4-5-16(11(8)6-13)12-7-14-9(2)10(3)15-12/h7-8,11H,4-6,13H2,1-3H3. The summed E-state index contributed by atoms with van der Waals surface area (Å²) in [6.07, 6.45) is 3.06. The van der Waals surface area contributed by atoms with E-state index in [1.54, 1.807) is 0 Å². The molecule has 1 aliphatic rings. The molecule has 0 radical (unpaired) electrons. The van der Waals surface area contributed by atoms with Gasteiger partial charge in [0, 0.05) is 19.1 Å². The molecular formula is C12H20N4. The second-order valence-corrected chi connectivity index (χ2v) is 4.66. The second-order valence-electron chi connectivity index (χ2n) is 4.66.